The SMILES string of the molecule is O=C(COC(=O)C1C[C@H]2CCC[C@H]2C1)c1ccc(Br)cc1. The van der Waals surface area contributed by atoms with Gasteiger partial charge in [0.2, 0.25) is 0 Å². The quantitative estimate of drug-likeness (QED) is 0.608. The molecule has 4 heteroatoms. The fraction of sp³-hybridized carbons (Fsp3) is 0.529. The largest absolute Gasteiger partial charge is 0.457 e. The summed E-state index contributed by atoms with van der Waals surface area (Å²) in [7, 11) is 0. The molecule has 3 nitrogen and oxygen atoms in total. The van der Waals surface area contributed by atoms with Crippen molar-refractivity contribution in [3.63, 3.8) is 0 Å². The Morgan fingerprint density at radius 3 is 2.33 bits per heavy atom. The minimum Gasteiger partial charge on any atom is -0.457 e. The normalized spacial score (nSPS) is 27.4. The second kappa shape index (κ2) is 6.30. The lowest BCUT2D eigenvalue weighted by molar-refractivity contribution is -0.147. The molecule has 0 N–H and O–H groups in total. The van der Waals surface area contributed by atoms with E-state index in [2.05, 4.69) is 15.9 Å². The maximum Gasteiger partial charge on any atom is 0.309 e. The van der Waals surface area contributed by atoms with E-state index in [1.54, 1.807) is 12.1 Å². The molecule has 1 aromatic rings. The van der Waals surface area contributed by atoms with Gasteiger partial charge in [-0.05, 0) is 36.8 Å². The second-order valence-electron chi connectivity index (χ2n) is 6.16. The van der Waals surface area contributed by atoms with E-state index in [1.165, 1.54) is 19.3 Å². The Hall–Kier alpha value is -1.16. The molecule has 21 heavy (non-hydrogen) atoms. The summed E-state index contributed by atoms with van der Waals surface area (Å²) in [6, 6.07) is 7.10. The van der Waals surface area contributed by atoms with Crippen molar-refractivity contribution in [3.8, 4) is 0 Å². The highest BCUT2D eigenvalue weighted by molar-refractivity contribution is 9.10. The number of Topliss-reactive ketones (excluding diaryl/α,β-unsaturated/α-hetero) is 1. The van der Waals surface area contributed by atoms with Gasteiger partial charge in [0.1, 0.15) is 0 Å². The summed E-state index contributed by atoms with van der Waals surface area (Å²) in [4.78, 5) is 24.1. The lowest BCUT2D eigenvalue weighted by Crippen LogP contribution is -2.20. The van der Waals surface area contributed by atoms with Crippen LogP contribution in [0.15, 0.2) is 28.7 Å². The lowest BCUT2D eigenvalue weighted by atomic mass is 10.0. The zero-order chi connectivity index (χ0) is 14.8. The number of esters is 1. The number of benzene rings is 1. The molecule has 3 rings (SSSR count). The van der Waals surface area contributed by atoms with Gasteiger partial charge in [-0.1, -0.05) is 47.3 Å². The number of hydrogen-bond donors (Lipinski definition) is 0. The van der Waals surface area contributed by atoms with Crippen LogP contribution in [0.4, 0.5) is 0 Å². The Bertz CT molecular complexity index is 525. The van der Waals surface area contributed by atoms with Gasteiger partial charge in [0.25, 0.3) is 0 Å². The molecule has 3 atom stereocenters. The van der Waals surface area contributed by atoms with Gasteiger partial charge in [0, 0.05) is 10.0 Å². The van der Waals surface area contributed by atoms with E-state index in [4.69, 9.17) is 4.74 Å². The van der Waals surface area contributed by atoms with Crippen molar-refractivity contribution < 1.29 is 14.3 Å². The van der Waals surface area contributed by atoms with Crippen LogP contribution in [-0.2, 0) is 9.53 Å². The molecule has 0 heterocycles. The van der Waals surface area contributed by atoms with Gasteiger partial charge in [0.15, 0.2) is 12.4 Å². The average molecular weight is 351 g/mol. The summed E-state index contributed by atoms with van der Waals surface area (Å²) < 4.78 is 6.16. The number of ether oxygens (including phenoxy) is 1. The predicted octanol–water partition coefficient (Wildman–Crippen LogP) is 4.00. The third-order valence-corrected chi connectivity index (χ3v) is 5.36. The molecule has 1 unspecified atom stereocenters. The molecule has 2 fully saturated rings. The van der Waals surface area contributed by atoms with Crippen LogP contribution in [0.2, 0.25) is 0 Å². The highest BCUT2D eigenvalue weighted by atomic mass is 79.9. The van der Waals surface area contributed by atoms with E-state index in [9.17, 15) is 9.59 Å². The molecule has 0 saturated heterocycles. The molecule has 0 aromatic heterocycles. The first kappa shape index (κ1) is 14.8. The van der Waals surface area contributed by atoms with E-state index in [-0.39, 0.29) is 24.3 Å². The summed E-state index contributed by atoms with van der Waals surface area (Å²) in [5, 5.41) is 0. The third kappa shape index (κ3) is 3.37. The third-order valence-electron chi connectivity index (χ3n) is 4.84. The van der Waals surface area contributed by atoms with Crippen LogP contribution in [0, 0.1) is 17.8 Å². The fourth-order valence-corrected chi connectivity index (χ4v) is 3.99. The van der Waals surface area contributed by atoms with Crippen molar-refractivity contribution in [2.24, 2.45) is 17.8 Å². The Morgan fingerprint density at radius 2 is 1.71 bits per heavy atom. The standard InChI is InChI=1S/C17H19BrO3/c18-15-6-4-11(5-7-15)16(19)10-21-17(20)14-8-12-2-1-3-13(12)9-14/h4-7,12-14H,1-3,8-10H2/t12-,13+,14?. The van der Waals surface area contributed by atoms with Crippen molar-refractivity contribution in [2.45, 2.75) is 32.1 Å². The van der Waals surface area contributed by atoms with Crippen LogP contribution in [0.25, 0.3) is 0 Å². The van der Waals surface area contributed by atoms with Crippen LogP contribution < -0.4 is 0 Å². The number of halogens is 1. The molecular formula is C17H19BrO3. The van der Waals surface area contributed by atoms with E-state index in [0.29, 0.717) is 17.4 Å². The molecule has 1 aromatic carbocycles. The first-order valence-corrected chi connectivity index (χ1v) is 8.38. The topological polar surface area (TPSA) is 43.4 Å². The fourth-order valence-electron chi connectivity index (χ4n) is 3.73. The maximum atomic E-state index is 12.1. The number of fused-ring (bicyclic) bond motifs is 1. The van der Waals surface area contributed by atoms with Gasteiger partial charge in [0.05, 0.1) is 5.92 Å². The zero-order valence-corrected chi connectivity index (χ0v) is 13.5. The molecule has 0 amide bonds. The van der Waals surface area contributed by atoms with Gasteiger partial charge in [-0.2, -0.15) is 0 Å². The Morgan fingerprint density at radius 1 is 1.10 bits per heavy atom. The van der Waals surface area contributed by atoms with Crippen LogP contribution in [0.1, 0.15) is 42.5 Å². The van der Waals surface area contributed by atoms with Crippen molar-refractivity contribution in [3.05, 3.63) is 34.3 Å². The maximum absolute atomic E-state index is 12.1. The van der Waals surface area contributed by atoms with Crippen LogP contribution >= 0.6 is 15.9 Å². The molecule has 112 valence electrons. The van der Waals surface area contributed by atoms with Crippen LogP contribution in [0.5, 0.6) is 0 Å². The molecule has 0 aliphatic heterocycles. The monoisotopic (exact) mass is 350 g/mol. The van der Waals surface area contributed by atoms with E-state index in [0.717, 1.165) is 17.3 Å². The highest BCUT2D eigenvalue weighted by Crippen LogP contribution is 2.47. The predicted molar refractivity (Wildman–Crippen MR) is 83.0 cm³/mol. The minimum atomic E-state index is -0.185. The summed E-state index contributed by atoms with van der Waals surface area (Å²) in [5.74, 6) is 1.11. The number of carbonyl (C=O) groups is 2. The van der Waals surface area contributed by atoms with E-state index in [1.807, 2.05) is 12.1 Å². The number of rotatable bonds is 4. The summed E-state index contributed by atoms with van der Waals surface area (Å²) in [6.07, 6.45) is 5.73. The zero-order valence-electron chi connectivity index (χ0n) is 11.9. The Balaban J connectivity index is 1.49. The average Bonchev–Trinajstić information content (AvgIpc) is 3.06. The molecule has 0 bridgehead atoms. The number of ketones is 1. The van der Waals surface area contributed by atoms with E-state index < -0.39 is 0 Å². The smallest absolute Gasteiger partial charge is 0.309 e. The highest BCUT2D eigenvalue weighted by Gasteiger charge is 2.40. The van der Waals surface area contributed by atoms with E-state index >= 15 is 0 Å². The first-order valence-electron chi connectivity index (χ1n) is 7.59. The summed E-state index contributed by atoms with van der Waals surface area (Å²) in [5.41, 5.74) is 0.578. The molecule has 2 aliphatic rings. The van der Waals surface area contributed by atoms with Gasteiger partial charge >= 0.3 is 5.97 Å². The Labute approximate surface area is 133 Å². The van der Waals surface area contributed by atoms with Gasteiger partial charge in [-0.15, -0.1) is 0 Å². The molecule has 0 radical (unpaired) electrons. The van der Waals surface area contributed by atoms with Gasteiger partial charge in [-0.3, -0.25) is 9.59 Å². The van der Waals surface area contributed by atoms with Gasteiger partial charge < -0.3 is 4.74 Å². The lowest BCUT2D eigenvalue weighted by Gasteiger charge is -2.10. The van der Waals surface area contributed by atoms with Crippen molar-refractivity contribution >= 4 is 27.7 Å². The molecule has 2 saturated carbocycles. The van der Waals surface area contributed by atoms with Crippen molar-refractivity contribution in [1.82, 2.24) is 0 Å². The number of carbonyl (C=O) groups excluding carboxylic acids is 2. The summed E-state index contributed by atoms with van der Waals surface area (Å²) in [6.45, 7) is -0.147. The number of hydrogen-bond acceptors (Lipinski definition) is 3. The van der Waals surface area contributed by atoms with Crippen LogP contribution in [0.3, 0.4) is 0 Å². The van der Waals surface area contributed by atoms with Crippen LogP contribution in [-0.4, -0.2) is 18.4 Å². The van der Waals surface area contributed by atoms with Crippen molar-refractivity contribution in [1.29, 1.82) is 0 Å². The van der Waals surface area contributed by atoms with Crippen molar-refractivity contribution in [2.75, 3.05) is 6.61 Å². The van der Waals surface area contributed by atoms with Gasteiger partial charge in [-0.25, -0.2) is 0 Å². The first-order chi connectivity index (χ1) is 10.1. The molecule has 0 spiro atoms. The molecule has 2 aliphatic carbocycles. The summed E-state index contributed by atoms with van der Waals surface area (Å²) >= 11 is 3.33. The second-order valence-corrected chi connectivity index (χ2v) is 7.07. The molecular weight excluding hydrogens is 332 g/mol. The Kier molecular flexibility index (Phi) is 4.43. The minimum absolute atomic E-state index is 0.0121.